The Morgan fingerprint density at radius 2 is 1.89 bits per heavy atom. The van der Waals surface area contributed by atoms with Gasteiger partial charge in [0.15, 0.2) is 0 Å². The number of nitriles is 1. The van der Waals surface area contributed by atoms with Crippen LogP contribution in [0.5, 0.6) is 0 Å². The van der Waals surface area contributed by atoms with Crippen LogP contribution in [-0.4, -0.2) is 67.2 Å². The predicted octanol–water partition coefficient (Wildman–Crippen LogP) is -0.678. The van der Waals surface area contributed by atoms with Crippen LogP contribution in [0.3, 0.4) is 0 Å². The molecule has 1 aliphatic rings. The van der Waals surface area contributed by atoms with Crippen LogP contribution >= 0.6 is 0 Å². The minimum absolute atomic E-state index is 0.347. The molecule has 1 rings (SSSR count). The Bertz CT molecular complexity index is 421. The van der Waals surface area contributed by atoms with Crippen LogP contribution in [0.2, 0.25) is 0 Å². The number of aliphatic carboxylic acids is 1. The Labute approximate surface area is 107 Å². The lowest BCUT2D eigenvalue weighted by atomic mass is 10.3. The Morgan fingerprint density at radius 3 is 2.39 bits per heavy atom. The summed E-state index contributed by atoms with van der Waals surface area (Å²) in [6.45, 7) is 2.57. The number of carboxylic acids is 1. The summed E-state index contributed by atoms with van der Waals surface area (Å²) in [6, 6.07) is 2.05. The van der Waals surface area contributed by atoms with E-state index in [1.807, 2.05) is 4.90 Å². The lowest BCUT2D eigenvalue weighted by molar-refractivity contribution is -0.136. The van der Waals surface area contributed by atoms with Crippen LogP contribution in [0.15, 0.2) is 0 Å². The lowest BCUT2D eigenvalue weighted by Gasteiger charge is -2.33. The van der Waals surface area contributed by atoms with Crippen LogP contribution in [0.4, 0.5) is 0 Å². The molecule has 18 heavy (non-hydrogen) atoms. The Kier molecular flexibility index (Phi) is 5.53. The van der Waals surface area contributed by atoms with Crippen molar-refractivity contribution >= 4 is 16.0 Å². The van der Waals surface area contributed by atoms with Crippen molar-refractivity contribution in [2.24, 2.45) is 0 Å². The van der Waals surface area contributed by atoms with E-state index in [0.717, 1.165) is 0 Å². The molecule has 0 spiro atoms. The molecule has 1 heterocycles. The van der Waals surface area contributed by atoms with Crippen molar-refractivity contribution < 1.29 is 18.3 Å². The smallest absolute Gasteiger partial charge is 0.304 e. The highest BCUT2D eigenvalue weighted by Gasteiger charge is 2.26. The molecule has 7 nitrogen and oxygen atoms in total. The van der Waals surface area contributed by atoms with Crippen molar-refractivity contribution in [1.82, 2.24) is 9.21 Å². The maximum Gasteiger partial charge on any atom is 0.304 e. The summed E-state index contributed by atoms with van der Waals surface area (Å²) in [5.41, 5.74) is 0. The molecule has 0 atom stereocenters. The van der Waals surface area contributed by atoms with Gasteiger partial charge in [-0.2, -0.15) is 9.57 Å². The first-order valence-electron chi connectivity index (χ1n) is 5.74. The Morgan fingerprint density at radius 1 is 1.28 bits per heavy atom. The molecule has 102 valence electrons. The molecule has 0 amide bonds. The van der Waals surface area contributed by atoms with Crippen molar-refractivity contribution in [3.8, 4) is 6.07 Å². The van der Waals surface area contributed by atoms with Gasteiger partial charge in [-0.05, 0) is 0 Å². The highest BCUT2D eigenvalue weighted by atomic mass is 32.2. The second kappa shape index (κ2) is 6.68. The third kappa shape index (κ3) is 4.60. The van der Waals surface area contributed by atoms with Gasteiger partial charge in [0.25, 0.3) is 0 Å². The summed E-state index contributed by atoms with van der Waals surface area (Å²) in [7, 11) is -3.46. The molecule has 1 saturated heterocycles. The number of piperazine rings is 1. The van der Waals surface area contributed by atoms with Gasteiger partial charge in [0.05, 0.1) is 18.2 Å². The fourth-order valence-corrected chi connectivity index (χ4v) is 3.20. The second-order valence-electron chi connectivity index (χ2n) is 4.11. The van der Waals surface area contributed by atoms with E-state index in [-0.39, 0.29) is 12.2 Å². The van der Waals surface area contributed by atoms with Crippen molar-refractivity contribution in [3.05, 3.63) is 0 Å². The van der Waals surface area contributed by atoms with Crippen molar-refractivity contribution in [1.29, 1.82) is 5.26 Å². The number of hydrogen-bond donors (Lipinski definition) is 1. The van der Waals surface area contributed by atoms with E-state index in [2.05, 4.69) is 6.07 Å². The van der Waals surface area contributed by atoms with Gasteiger partial charge in [0.2, 0.25) is 10.0 Å². The van der Waals surface area contributed by atoms with Crippen molar-refractivity contribution in [2.45, 2.75) is 12.8 Å². The average Bonchev–Trinajstić information content (AvgIpc) is 2.34. The first kappa shape index (κ1) is 14.9. The summed E-state index contributed by atoms with van der Waals surface area (Å²) < 4.78 is 24.9. The molecular weight excluding hydrogens is 258 g/mol. The highest BCUT2D eigenvalue weighted by Crippen LogP contribution is 2.09. The summed E-state index contributed by atoms with van der Waals surface area (Å²) in [5, 5.41) is 17.0. The van der Waals surface area contributed by atoms with E-state index >= 15 is 0 Å². The van der Waals surface area contributed by atoms with E-state index in [4.69, 9.17) is 10.4 Å². The third-order valence-corrected chi connectivity index (χ3v) is 4.71. The minimum Gasteiger partial charge on any atom is -0.481 e. The molecule has 0 saturated carbocycles. The lowest BCUT2D eigenvalue weighted by Crippen LogP contribution is -2.49. The Hall–Kier alpha value is -1.17. The van der Waals surface area contributed by atoms with Crippen LogP contribution in [0.25, 0.3) is 0 Å². The fourth-order valence-electron chi connectivity index (χ4n) is 1.78. The van der Waals surface area contributed by atoms with Crippen LogP contribution in [0, 0.1) is 11.3 Å². The monoisotopic (exact) mass is 275 g/mol. The van der Waals surface area contributed by atoms with Gasteiger partial charge >= 0.3 is 5.97 Å². The van der Waals surface area contributed by atoms with Crippen LogP contribution in [0.1, 0.15) is 12.8 Å². The van der Waals surface area contributed by atoms with Gasteiger partial charge in [0, 0.05) is 39.1 Å². The first-order valence-corrected chi connectivity index (χ1v) is 7.35. The van der Waals surface area contributed by atoms with Gasteiger partial charge in [-0.15, -0.1) is 0 Å². The van der Waals surface area contributed by atoms with Crippen LogP contribution in [-0.2, 0) is 14.8 Å². The predicted molar refractivity (Wildman–Crippen MR) is 64.3 cm³/mol. The van der Waals surface area contributed by atoms with E-state index in [1.54, 1.807) is 0 Å². The van der Waals surface area contributed by atoms with Crippen molar-refractivity contribution in [2.75, 3.05) is 38.5 Å². The molecule has 1 N–H and O–H groups in total. The summed E-state index contributed by atoms with van der Waals surface area (Å²) in [4.78, 5) is 12.4. The first-order chi connectivity index (χ1) is 8.45. The number of nitrogens with zero attached hydrogens (tertiary/aromatic N) is 3. The minimum atomic E-state index is -3.46. The molecule has 0 aromatic heterocycles. The van der Waals surface area contributed by atoms with Crippen LogP contribution < -0.4 is 0 Å². The molecule has 0 radical (unpaired) electrons. The zero-order valence-electron chi connectivity index (χ0n) is 10.1. The normalized spacial score (nSPS) is 18.4. The van der Waals surface area contributed by atoms with E-state index in [9.17, 15) is 13.2 Å². The average molecular weight is 275 g/mol. The molecule has 0 aromatic rings. The SMILES string of the molecule is N#CCCN1CCN(S(=O)(=O)CCC(=O)O)CC1. The van der Waals surface area contributed by atoms with E-state index < -0.39 is 16.0 Å². The maximum absolute atomic E-state index is 11.8. The number of carbonyl (C=O) groups is 1. The maximum atomic E-state index is 11.8. The summed E-state index contributed by atoms with van der Waals surface area (Å²) in [5.74, 6) is -1.45. The molecule has 0 aliphatic carbocycles. The molecule has 0 bridgehead atoms. The number of sulfonamides is 1. The van der Waals surface area contributed by atoms with E-state index in [0.29, 0.717) is 39.1 Å². The highest BCUT2D eigenvalue weighted by molar-refractivity contribution is 7.89. The zero-order valence-corrected chi connectivity index (χ0v) is 10.9. The largest absolute Gasteiger partial charge is 0.481 e. The molecule has 1 aliphatic heterocycles. The quantitative estimate of drug-likeness (QED) is 0.689. The van der Waals surface area contributed by atoms with Gasteiger partial charge in [-0.3, -0.25) is 9.69 Å². The number of carboxylic acid groups (broad SMARTS) is 1. The fraction of sp³-hybridized carbons (Fsp3) is 0.800. The van der Waals surface area contributed by atoms with E-state index in [1.165, 1.54) is 4.31 Å². The van der Waals surface area contributed by atoms with Gasteiger partial charge < -0.3 is 5.11 Å². The number of hydrogen-bond acceptors (Lipinski definition) is 5. The molecule has 0 aromatic carbocycles. The molecule has 1 fully saturated rings. The van der Waals surface area contributed by atoms with Crippen molar-refractivity contribution in [3.63, 3.8) is 0 Å². The zero-order chi connectivity index (χ0) is 13.6. The molecular formula is C10H17N3O4S. The number of rotatable bonds is 6. The summed E-state index contributed by atoms with van der Waals surface area (Å²) >= 11 is 0. The van der Waals surface area contributed by atoms with Gasteiger partial charge in [0.1, 0.15) is 0 Å². The second-order valence-corrected chi connectivity index (χ2v) is 6.20. The third-order valence-electron chi connectivity index (χ3n) is 2.84. The summed E-state index contributed by atoms with van der Waals surface area (Å²) in [6.07, 6.45) is 0.0722. The molecule has 0 unspecified atom stereocenters. The van der Waals surface area contributed by atoms with Gasteiger partial charge in [-0.25, -0.2) is 8.42 Å². The topological polar surface area (TPSA) is 102 Å². The van der Waals surface area contributed by atoms with Gasteiger partial charge in [-0.1, -0.05) is 0 Å². The molecule has 8 heteroatoms. The Balaban J connectivity index is 2.42. The standard InChI is InChI=1S/C10H17N3O4S/c11-3-1-4-12-5-7-13(8-6-12)18(16,17)9-2-10(14)15/h1-2,4-9H2,(H,14,15).